The number of halogens is 1. The van der Waals surface area contributed by atoms with Gasteiger partial charge < -0.3 is 14.4 Å². The molecule has 0 aromatic heterocycles. The summed E-state index contributed by atoms with van der Waals surface area (Å²) < 4.78 is 11.9. The molecule has 0 aliphatic carbocycles. The molecule has 2 heterocycles. The lowest BCUT2D eigenvalue weighted by Crippen LogP contribution is -2.44. The number of carbonyl (C=O) groups excluding carboxylic acids is 3. The maximum absolute atomic E-state index is 13.1. The minimum absolute atomic E-state index is 0.0376. The molecule has 0 radical (unpaired) electrons. The normalized spacial score (nSPS) is 15.7. The number of non-ortho nitro benzene ring substituents is 1. The van der Waals surface area contributed by atoms with Crippen LogP contribution in [0.4, 0.5) is 10.5 Å². The Bertz CT molecular complexity index is 1590. The van der Waals surface area contributed by atoms with Gasteiger partial charge in [0.15, 0.2) is 11.5 Å². The second kappa shape index (κ2) is 12.1. The topological polar surface area (TPSA) is 119 Å². The molecule has 10 nitrogen and oxygen atoms in total. The maximum atomic E-state index is 13.1. The van der Waals surface area contributed by atoms with Crippen molar-refractivity contribution in [3.63, 3.8) is 0 Å². The van der Waals surface area contributed by atoms with Crippen molar-refractivity contribution in [1.29, 1.82) is 0 Å². The molecule has 0 atom stereocenters. The molecular formula is C29H24BrN3O7S. The predicted octanol–water partition coefficient (Wildman–Crippen LogP) is 5.57. The minimum atomic E-state index is -0.535. The molecule has 2 aliphatic rings. The number of thioether (sulfide) groups is 1. The summed E-state index contributed by atoms with van der Waals surface area (Å²) in [4.78, 5) is 52.2. The first-order valence-electron chi connectivity index (χ1n) is 12.6. The van der Waals surface area contributed by atoms with Gasteiger partial charge in [0, 0.05) is 25.2 Å². The number of hydrogen-bond donors (Lipinski definition) is 0. The zero-order chi connectivity index (χ0) is 29.1. The van der Waals surface area contributed by atoms with Gasteiger partial charge in [0.25, 0.3) is 16.8 Å². The molecule has 3 aromatic carbocycles. The molecule has 0 spiro atoms. The van der Waals surface area contributed by atoms with Crippen LogP contribution in [-0.2, 0) is 29.2 Å². The predicted molar refractivity (Wildman–Crippen MR) is 156 cm³/mol. The van der Waals surface area contributed by atoms with Gasteiger partial charge in [-0.25, -0.2) is 0 Å². The number of fused-ring (bicyclic) bond motifs is 1. The van der Waals surface area contributed by atoms with Crippen LogP contribution in [0.1, 0.15) is 22.3 Å². The lowest BCUT2D eigenvalue weighted by atomic mass is 10.00. The standard InChI is InChI=1S/C29H24BrN3O7S/c1-39-24-13-19(12-23(30)27(24)40-17-18-5-4-8-22(11-18)33(37)38)14-25-28(35)32(29(36)41-25)16-26(34)31-10-9-20-6-2-3-7-21(20)15-31/h2-8,11-14H,9-10,15-17H2,1H3/b25-14-. The van der Waals surface area contributed by atoms with Crippen molar-refractivity contribution in [2.24, 2.45) is 0 Å². The van der Waals surface area contributed by atoms with Gasteiger partial charge in [-0.15, -0.1) is 0 Å². The quantitative estimate of drug-likeness (QED) is 0.179. The van der Waals surface area contributed by atoms with E-state index in [0.717, 1.165) is 28.6 Å². The number of nitro groups is 1. The van der Waals surface area contributed by atoms with Crippen LogP contribution in [0.5, 0.6) is 11.5 Å². The highest BCUT2D eigenvalue weighted by molar-refractivity contribution is 9.10. The first-order chi connectivity index (χ1) is 19.7. The molecule has 0 bridgehead atoms. The fourth-order valence-corrected chi connectivity index (χ4v) is 6.02. The molecule has 0 N–H and O–H groups in total. The van der Waals surface area contributed by atoms with Gasteiger partial charge >= 0.3 is 0 Å². The van der Waals surface area contributed by atoms with E-state index >= 15 is 0 Å². The van der Waals surface area contributed by atoms with Crippen molar-refractivity contribution in [2.75, 3.05) is 20.2 Å². The molecule has 3 aromatic rings. The van der Waals surface area contributed by atoms with Crippen molar-refractivity contribution in [3.8, 4) is 11.5 Å². The number of rotatable bonds is 8. The third kappa shape index (κ3) is 6.28. The van der Waals surface area contributed by atoms with E-state index in [2.05, 4.69) is 15.9 Å². The second-order valence-corrected chi connectivity index (χ2v) is 11.2. The van der Waals surface area contributed by atoms with Crippen LogP contribution in [0.2, 0.25) is 0 Å². The molecule has 41 heavy (non-hydrogen) atoms. The van der Waals surface area contributed by atoms with Crippen LogP contribution < -0.4 is 9.47 Å². The Kier molecular flexibility index (Phi) is 8.41. The van der Waals surface area contributed by atoms with Gasteiger partial charge in [0.1, 0.15) is 13.2 Å². The highest BCUT2D eigenvalue weighted by Crippen LogP contribution is 2.39. The van der Waals surface area contributed by atoms with E-state index in [9.17, 15) is 24.5 Å². The molecule has 12 heteroatoms. The fraction of sp³-hybridized carbons (Fsp3) is 0.207. The highest BCUT2D eigenvalue weighted by Gasteiger charge is 2.37. The van der Waals surface area contributed by atoms with E-state index in [1.165, 1.54) is 24.8 Å². The number of amides is 3. The van der Waals surface area contributed by atoms with Crippen LogP contribution in [-0.4, -0.2) is 52.0 Å². The molecule has 2 aliphatic heterocycles. The molecular weight excluding hydrogens is 614 g/mol. The van der Waals surface area contributed by atoms with Crippen molar-refractivity contribution in [2.45, 2.75) is 19.6 Å². The molecule has 0 unspecified atom stereocenters. The third-order valence-electron chi connectivity index (χ3n) is 6.70. The van der Waals surface area contributed by atoms with Gasteiger partial charge in [0.2, 0.25) is 5.91 Å². The number of methoxy groups -OCH3 is 1. The van der Waals surface area contributed by atoms with Crippen molar-refractivity contribution < 1.29 is 28.8 Å². The van der Waals surface area contributed by atoms with E-state index in [4.69, 9.17) is 9.47 Å². The van der Waals surface area contributed by atoms with Crippen LogP contribution in [0, 0.1) is 10.1 Å². The number of nitrogens with zero attached hydrogens (tertiary/aromatic N) is 3. The zero-order valence-electron chi connectivity index (χ0n) is 21.9. The minimum Gasteiger partial charge on any atom is -0.493 e. The lowest BCUT2D eigenvalue weighted by molar-refractivity contribution is -0.384. The third-order valence-corrected chi connectivity index (χ3v) is 8.20. The summed E-state index contributed by atoms with van der Waals surface area (Å²) in [5, 5.41) is 10.5. The Hall–Kier alpha value is -4.16. The van der Waals surface area contributed by atoms with Crippen molar-refractivity contribution >= 4 is 56.5 Å². The summed E-state index contributed by atoms with van der Waals surface area (Å²) >= 11 is 4.24. The number of hydrogen-bond acceptors (Lipinski definition) is 8. The monoisotopic (exact) mass is 637 g/mol. The van der Waals surface area contributed by atoms with E-state index < -0.39 is 16.1 Å². The number of nitro benzene ring substituents is 1. The number of benzene rings is 3. The van der Waals surface area contributed by atoms with Gasteiger partial charge in [-0.2, -0.15) is 0 Å². The van der Waals surface area contributed by atoms with E-state index in [1.54, 1.807) is 35.2 Å². The summed E-state index contributed by atoms with van der Waals surface area (Å²) in [5.74, 6) is -0.0848. The van der Waals surface area contributed by atoms with Gasteiger partial charge in [0.05, 0.1) is 21.4 Å². The highest BCUT2D eigenvalue weighted by atomic mass is 79.9. The van der Waals surface area contributed by atoms with Gasteiger partial charge in [-0.3, -0.25) is 29.4 Å². The average Bonchev–Trinajstić information content (AvgIpc) is 3.23. The first-order valence-corrected chi connectivity index (χ1v) is 14.2. The van der Waals surface area contributed by atoms with Gasteiger partial charge in [-0.05, 0) is 74.6 Å². The smallest absolute Gasteiger partial charge is 0.294 e. The van der Waals surface area contributed by atoms with E-state index in [1.807, 2.05) is 24.3 Å². The Labute approximate surface area is 248 Å². The Morgan fingerprint density at radius 3 is 2.66 bits per heavy atom. The summed E-state index contributed by atoms with van der Waals surface area (Å²) in [5.41, 5.74) is 3.41. The largest absolute Gasteiger partial charge is 0.493 e. The maximum Gasteiger partial charge on any atom is 0.294 e. The summed E-state index contributed by atoms with van der Waals surface area (Å²) in [6.45, 7) is 0.725. The second-order valence-electron chi connectivity index (χ2n) is 9.35. The number of ether oxygens (including phenoxy) is 2. The number of carbonyl (C=O) groups is 3. The average molecular weight is 638 g/mol. The van der Waals surface area contributed by atoms with Crippen LogP contribution >= 0.6 is 27.7 Å². The SMILES string of the molecule is COc1cc(/C=C2\SC(=O)N(CC(=O)N3CCc4ccccc4C3)C2=O)cc(Br)c1OCc1cccc([N+](=O)[O-])c1. The van der Waals surface area contributed by atoms with E-state index in [0.29, 0.717) is 40.2 Å². The Balaban J connectivity index is 1.28. The molecule has 0 saturated carbocycles. The molecule has 3 amide bonds. The zero-order valence-corrected chi connectivity index (χ0v) is 24.3. The fourth-order valence-electron chi connectivity index (χ4n) is 4.61. The van der Waals surface area contributed by atoms with Gasteiger partial charge in [-0.1, -0.05) is 36.4 Å². The van der Waals surface area contributed by atoms with Crippen LogP contribution in [0.3, 0.4) is 0 Å². The molecule has 210 valence electrons. The van der Waals surface area contributed by atoms with Crippen molar-refractivity contribution in [1.82, 2.24) is 9.80 Å². The summed E-state index contributed by atoms with van der Waals surface area (Å²) in [7, 11) is 1.46. The lowest BCUT2D eigenvalue weighted by Gasteiger charge is -2.29. The summed E-state index contributed by atoms with van der Waals surface area (Å²) in [6.07, 6.45) is 2.29. The van der Waals surface area contributed by atoms with Crippen LogP contribution in [0.25, 0.3) is 6.08 Å². The number of imide groups is 1. The van der Waals surface area contributed by atoms with Crippen LogP contribution in [0.15, 0.2) is 70.0 Å². The molecule has 1 saturated heterocycles. The molecule has 1 fully saturated rings. The Morgan fingerprint density at radius 2 is 1.90 bits per heavy atom. The van der Waals surface area contributed by atoms with Crippen molar-refractivity contribution in [3.05, 3.63) is 102 Å². The first kappa shape index (κ1) is 28.4. The Morgan fingerprint density at radius 1 is 1.12 bits per heavy atom. The molecule has 5 rings (SSSR count). The summed E-state index contributed by atoms with van der Waals surface area (Å²) in [6, 6.07) is 17.4. The van der Waals surface area contributed by atoms with E-state index in [-0.39, 0.29) is 29.7 Å².